The second kappa shape index (κ2) is 3.39. The molecule has 0 aromatic carbocycles. The number of hydrogen-bond acceptors (Lipinski definition) is 3. The van der Waals surface area contributed by atoms with E-state index in [1.54, 1.807) is 0 Å². The van der Waals surface area contributed by atoms with Crippen LogP contribution in [-0.4, -0.2) is 4.55 Å². The van der Waals surface area contributed by atoms with E-state index in [2.05, 4.69) is 6.92 Å². The molecule has 1 heterocycles. The molecule has 56 valence electrons. The number of thiophene rings is 1. The summed E-state index contributed by atoms with van der Waals surface area (Å²) in [7, 11) is 0. The van der Waals surface area contributed by atoms with Crippen LogP contribution in [0.2, 0.25) is 0 Å². The van der Waals surface area contributed by atoms with Crippen molar-refractivity contribution < 1.29 is 4.55 Å². The number of nitrogens with two attached hydrogens (primary N) is 1. The van der Waals surface area contributed by atoms with Crippen LogP contribution < -0.4 is 5.14 Å². The standard InChI is InChI=1S/C6H9NOS2/c1-2-5-3-6(9-4-5)10(7)8/h3-4H,2,7H2,1H3. The van der Waals surface area contributed by atoms with E-state index < -0.39 is 11.4 Å². The van der Waals surface area contributed by atoms with E-state index in [9.17, 15) is 4.55 Å². The largest absolute Gasteiger partial charge is 0.592 e. The Morgan fingerprint density at radius 2 is 2.50 bits per heavy atom. The maximum absolute atomic E-state index is 10.7. The lowest BCUT2D eigenvalue weighted by molar-refractivity contribution is 0.598. The topological polar surface area (TPSA) is 49.1 Å². The molecule has 0 bridgehead atoms. The zero-order valence-corrected chi connectivity index (χ0v) is 7.30. The molecule has 1 unspecified atom stereocenters. The van der Waals surface area contributed by atoms with E-state index >= 15 is 0 Å². The van der Waals surface area contributed by atoms with Crippen molar-refractivity contribution in [2.75, 3.05) is 0 Å². The van der Waals surface area contributed by atoms with E-state index in [0.717, 1.165) is 10.6 Å². The summed E-state index contributed by atoms with van der Waals surface area (Å²) < 4.78 is 11.4. The maximum Gasteiger partial charge on any atom is 0.227 e. The molecule has 1 rings (SSSR count). The van der Waals surface area contributed by atoms with Crippen LogP contribution in [0, 0.1) is 0 Å². The van der Waals surface area contributed by atoms with Crippen molar-refractivity contribution in [3.8, 4) is 0 Å². The molecule has 10 heavy (non-hydrogen) atoms. The van der Waals surface area contributed by atoms with Crippen LogP contribution in [0.4, 0.5) is 0 Å². The van der Waals surface area contributed by atoms with Crippen LogP contribution in [0.15, 0.2) is 15.7 Å². The molecule has 0 aliphatic rings. The summed E-state index contributed by atoms with van der Waals surface area (Å²) in [6.45, 7) is 2.06. The smallest absolute Gasteiger partial charge is 0.227 e. The van der Waals surface area contributed by atoms with Crippen molar-refractivity contribution in [3.05, 3.63) is 17.0 Å². The van der Waals surface area contributed by atoms with Gasteiger partial charge in [-0.2, -0.15) is 0 Å². The summed E-state index contributed by atoms with van der Waals surface area (Å²) in [5.41, 5.74) is 1.21. The molecule has 4 heteroatoms. The maximum atomic E-state index is 10.7. The van der Waals surface area contributed by atoms with Crippen molar-refractivity contribution in [3.63, 3.8) is 0 Å². The van der Waals surface area contributed by atoms with E-state index in [0.29, 0.717) is 0 Å². The molecule has 0 aliphatic carbocycles. The van der Waals surface area contributed by atoms with Crippen molar-refractivity contribution in [1.82, 2.24) is 0 Å². The molecular formula is C6H9NOS2. The molecule has 0 radical (unpaired) electrons. The Kier molecular flexibility index (Phi) is 2.73. The Labute approximate surface area is 67.4 Å². The van der Waals surface area contributed by atoms with Crippen LogP contribution in [0.5, 0.6) is 0 Å². The van der Waals surface area contributed by atoms with Gasteiger partial charge in [-0.25, -0.2) is 0 Å². The van der Waals surface area contributed by atoms with Crippen LogP contribution in [-0.2, 0) is 17.8 Å². The lowest BCUT2D eigenvalue weighted by Crippen LogP contribution is -2.09. The Morgan fingerprint density at radius 1 is 1.80 bits per heavy atom. The quantitative estimate of drug-likeness (QED) is 0.689. The molecule has 1 aromatic rings. The third kappa shape index (κ3) is 1.73. The van der Waals surface area contributed by atoms with Gasteiger partial charge in [0.2, 0.25) is 4.21 Å². The number of rotatable bonds is 2. The van der Waals surface area contributed by atoms with Gasteiger partial charge in [-0.1, -0.05) is 18.3 Å². The molecule has 0 saturated carbocycles. The van der Waals surface area contributed by atoms with Gasteiger partial charge in [0.25, 0.3) is 0 Å². The van der Waals surface area contributed by atoms with Crippen LogP contribution >= 0.6 is 11.3 Å². The fourth-order valence-corrected chi connectivity index (χ4v) is 2.16. The van der Waals surface area contributed by atoms with Crippen LogP contribution in [0.3, 0.4) is 0 Å². The highest BCUT2D eigenvalue weighted by Crippen LogP contribution is 2.18. The first kappa shape index (κ1) is 8.07. The Balaban J connectivity index is 2.78. The highest BCUT2D eigenvalue weighted by atomic mass is 32.2. The molecule has 1 aromatic heterocycles. The summed E-state index contributed by atoms with van der Waals surface area (Å²) in [5, 5.41) is 7.15. The summed E-state index contributed by atoms with van der Waals surface area (Å²) in [6.07, 6.45) is 0.980. The van der Waals surface area contributed by atoms with Gasteiger partial charge in [0.05, 0.1) is 11.4 Å². The zero-order valence-electron chi connectivity index (χ0n) is 5.66. The van der Waals surface area contributed by atoms with E-state index in [1.807, 2.05) is 11.4 Å². The van der Waals surface area contributed by atoms with Crippen molar-refractivity contribution >= 4 is 22.7 Å². The minimum atomic E-state index is -1.29. The highest BCUT2D eigenvalue weighted by molar-refractivity contribution is 7.91. The van der Waals surface area contributed by atoms with Gasteiger partial charge in [-0.3, -0.25) is 0 Å². The molecule has 0 aliphatic heterocycles. The average Bonchev–Trinajstić information content (AvgIpc) is 2.34. The SMILES string of the molecule is CCc1csc([S+](N)[O-])c1. The van der Waals surface area contributed by atoms with Crippen LogP contribution in [0.1, 0.15) is 12.5 Å². The van der Waals surface area contributed by atoms with Crippen LogP contribution in [0.25, 0.3) is 0 Å². The van der Waals surface area contributed by atoms with Gasteiger partial charge in [0.15, 0.2) is 0 Å². The first-order valence-corrected chi connectivity index (χ1v) is 5.07. The first-order chi connectivity index (χ1) is 4.74. The van der Waals surface area contributed by atoms with E-state index in [4.69, 9.17) is 5.14 Å². The molecule has 0 fully saturated rings. The average molecular weight is 175 g/mol. The Bertz CT molecular complexity index is 209. The van der Waals surface area contributed by atoms with E-state index in [-0.39, 0.29) is 0 Å². The van der Waals surface area contributed by atoms with Gasteiger partial charge < -0.3 is 4.55 Å². The Morgan fingerprint density at radius 3 is 2.80 bits per heavy atom. The normalized spacial score (nSPS) is 13.5. The van der Waals surface area contributed by atoms with Gasteiger partial charge in [0, 0.05) is 6.07 Å². The second-order valence-corrected chi connectivity index (χ2v) is 4.13. The Hall–Kier alpha value is -0.0300. The molecule has 0 saturated heterocycles. The monoisotopic (exact) mass is 175 g/mol. The molecule has 0 spiro atoms. The van der Waals surface area contributed by atoms with Gasteiger partial charge in [-0.15, -0.1) is 5.14 Å². The molecule has 1 atom stereocenters. The van der Waals surface area contributed by atoms with Gasteiger partial charge in [0.1, 0.15) is 0 Å². The van der Waals surface area contributed by atoms with Gasteiger partial charge in [-0.05, 0) is 17.4 Å². The fraction of sp³-hybridized carbons (Fsp3) is 0.333. The first-order valence-electron chi connectivity index (χ1n) is 2.97. The summed E-state index contributed by atoms with van der Waals surface area (Å²) in [5.74, 6) is 0. The van der Waals surface area contributed by atoms with E-state index in [1.165, 1.54) is 16.9 Å². The lowest BCUT2D eigenvalue weighted by atomic mass is 10.3. The minimum Gasteiger partial charge on any atom is -0.592 e. The summed E-state index contributed by atoms with van der Waals surface area (Å²) >= 11 is 0.166. The molecule has 2 nitrogen and oxygen atoms in total. The summed E-state index contributed by atoms with van der Waals surface area (Å²) in [4.78, 5) is 0. The van der Waals surface area contributed by atoms with Crippen molar-refractivity contribution in [2.45, 2.75) is 17.6 Å². The molecule has 2 N–H and O–H groups in total. The summed E-state index contributed by atoms with van der Waals surface area (Å²) in [6, 6.07) is 1.89. The lowest BCUT2D eigenvalue weighted by Gasteiger charge is -1.95. The fourth-order valence-electron chi connectivity index (χ4n) is 0.644. The third-order valence-corrected chi connectivity index (χ3v) is 3.30. The third-order valence-electron chi connectivity index (χ3n) is 1.24. The molecular weight excluding hydrogens is 166 g/mol. The predicted octanol–water partition coefficient (Wildman–Crippen LogP) is 1.29. The van der Waals surface area contributed by atoms with Gasteiger partial charge >= 0.3 is 0 Å². The predicted molar refractivity (Wildman–Crippen MR) is 44.3 cm³/mol. The second-order valence-electron chi connectivity index (χ2n) is 1.92. The van der Waals surface area contributed by atoms with Crippen molar-refractivity contribution in [2.24, 2.45) is 5.14 Å². The number of hydrogen-bond donors (Lipinski definition) is 1. The highest BCUT2D eigenvalue weighted by Gasteiger charge is 2.07. The van der Waals surface area contributed by atoms with Crippen molar-refractivity contribution in [1.29, 1.82) is 0 Å². The molecule has 0 amide bonds. The zero-order chi connectivity index (χ0) is 7.56. The minimum absolute atomic E-state index is 0.761. The number of aryl methyl sites for hydroxylation is 1.